The maximum absolute atomic E-state index is 11.1. The molecule has 78 valence electrons. The van der Waals surface area contributed by atoms with E-state index in [1.54, 1.807) is 12.5 Å². The van der Waals surface area contributed by atoms with Crippen molar-refractivity contribution in [2.75, 3.05) is 14.2 Å². The zero-order chi connectivity index (χ0) is 11.1. The molecule has 4 nitrogen and oxygen atoms in total. The minimum atomic E-state index is -0.313. The fourth-order valence-corrected chi connectivity index (χ4v) is 1.79. The van der Waals surface area contributed by atoms with E-state index < -0.39 is 0 Å². The Morgan fingerprint density at radius 1 is 1.43 bits per heavy atom. The number of esters is 1. The molecule has 0 aliphatic rings. The molecule has 1 aromatic rings. The van der Waals surface area contributed by atoms with Crippen LogP contribution in [-0.4, -0.2) is 24.4 Å². The SMILES string of the molecule is COC(=O)c1csc(OC)c1C.O=S. The molecule has 0 N–H and O–H groups in total. The van der Waals surface area contributed by atoms with Crippen molar-refractivity contribution in [3.63, 3.8) is 0 Å². The lowest BCUT2D eigenvalue weighted by molar-refractivity contribution is 0.0600. The highest BCUT2D eigenvalue weighted by Crippen LogP contribution is 2.29. The van der Waals surface area contributed by atoms with Crippen molar-refractivity contribution in [2.45, 2.75) is 6.92 Å². The first kappa shape index (κ1) is 13.0. The average molecular weight is 234 g/mol. The summed E-state index contributed by atoms with van der Waals surface area (Å²) in [7, 11) is 2.95. The van der Waals surface area contributed by atoms with E-state index >= 15 is 0 Å². The van der Waals surface area contributed by atoms with Gasteiger partial charge in [-0.05, 0) is 6.92 Å². The van der Waals surface area contributed by atoms with E-state index in [0.29, 0.717) is 5.56 Å². The first-order chi connectivity index (χ1) is 6.70. The highest BCUT2D eigenvalue weighted by molar-refractivity contribution is 7.44. The topological polar surface area (TPSA) is 52.6 Å². The van der Waals surface area contributed by atoms with Gasteiger partial charge in [0.2, 0.25) is 0 Å². The van der Waals surface area contributed by atoms with Gasteiger partial charge in [-0.15, -0.1) is 11.3 Å². The Morgan fingerprint density at radius 3 is 2.36 bits per heavy atom. The third-order valence-electron chi connectivity index (χ3n) is 1.58. The molecule has 0 amide bonds. The van der Waals surface area contributed by atoms with Gasteiger partial charge in [0, 0.05) is 10.9 Å². The predicted molar refractivity (Wildman–Crippen MR) is 55.1 cm³/mol. The molecule has 1 heterocycles. The Bertz CT molecular complexity index is 308. The number of methoxy groups -OCH3 is 2. The summed E-state index contributed by atoms with van der Waals surface area (Å²) >= 11 is 4.23. The van der Waals surface area contributed by atoms with Gasteiger partial charge in [-0.1, -0.05) is 0 Å². The summed E-state index contributed by atoms with van der Waals surface area (Å²) in [5.41, 5.74) is 1.42. The molecule has 0 aromatic carbocycles. The van der Waals surface area contributed by atoms with E-state index in [0.717, 1.165) is 10.6 Å². The molecule has 1 aromatic heterocycles. The van der Waals surface area contributed by atoms with Crippen LogP contribution in [0.5, 0.6) is 5.06 Å². The molecule has 0 bridgehead atoms. The van der Waals surface area contributed by atoms with E-state index in [2.05, 4.69) is 17.3 Å². The van der Waals surface area contributed by atoms with Gasteiger partial charge in [0.15, 0.2) is 17.6 Å². The van der Waals surface area contributed by atoms with Crippen molar-refractivity contribution in [3.8, 4) is 5.06 Å². The van der Waals surface area contributed by atoms with E-state index in [4.69, 9.17) is 8.95 Å². The quantitative estimate of drug-likeness (QED) is 0.726. The molecule has 0 saturated carbocycles. The molecule has 0 unspecified atom stereocenters. The van der Waals surface area contributed by atoms with Crippen molar-refractivity contribution in [1.29, 1.82) is 0 Å². The standard InChI is InChI=1S/C8H10O3S.OS/c1-5-6(7(9)10-2)4-12-8(5)11-3;1-2/h4H,1-3H3;. The fourth-order valence-electron chi connectivity index (χ4n) is 0.912. The van der Waals surface area contributed by atoms with Crippen molar-refractivity contribution in [2.24, 2.45) is 0 Å². The first-order valence-corrected chi connectivity index (χ1v) is 4.79. The summed E-state index contributed by atoms with van der Waals surface area (Å²) in [6.45, 7) is 1.83. The van der Waals surface area contributed by atoms with E-state index in [9.17, 15) is 4.79 Å². The van der Waals surface area contributed by atoms with Crippen LogP contribution in [-0.2, 0) is 17.3 Å². The monoisotopic (exact) mass is 234 g/mol. The van der Waals surface area contributed by atoms with Crippen LogP contribution in [0.1, 0.15) is 15.9 Å². The minimum absolute atomic E-state index is 0.313. The molecular formula is C8H10O4S2. The van der Waals surface area contributed by atoms with Gasteiger partial charge in [-0.25, -0.2) is 4.79 Å². The number of carbonyl (C=O) groups excluding carboxylic acids is 1. The lowest BCUT2D eigenvalue weighted by atomic mass is 10.2. The minimum Gasteiger partial charge on any atom is -0.487 e. The third kappa shape index (κ3) is 2.74. The highest BCUT2D eigenvalue weighted by atomic mass is 32.1. The molecule has 6 heteroatoms. The van der Waals surface area contributed by atoms with Gasteiger partial charge in [0.25, 0.3) is 0 Å². The Labute approximate surface area is 91.4 Å². The van der Waals surface area contributed by atoms with Gasteiger partial charge in [0.05, 0.1) is 19.8 Å². The lowest BCUT2D eigenvalue weighted by Crippen LogP contribution is -2.01. The molecule has 14 heavy (non-hydrogen) atoms. The number of hydrogen-bond acceptors (Lipinski definition) is 6. The second-order valence-electron chi connectivity index (χ2n) is 2.26. The molecule has 0 spiro atoms. The van der Waals surface area contributed by atoms with Crippen molar-refractivity contribution >= 4 is 29.8 Å². The van der Waals surface area contributed by atoms with Gasteiger partial charge in [0.1, 0.15) is 0 Å². The molecule has 0 saturated heterocycles. The predicted octanol–water partition coefficient (Wildman–Crippen LogP) is 1.52. The van der Waals surface area contributed by atoms with Crippen LogP contribution in [0.4, 0.5) is 0 Å². The maximum atomic E-state index is 11.1. The lowest BCUT2D eigenvalue weighted by Gasteiger charge is -1.98. The van der Waals surface area contributed by atoms with Crippen LogP contribution in [0.3, 0.4) is 0 Å². The Hall–Kier alpha value is -1.01. The van der Waals surface area contributed by atoms with Crippen LogP contribution >= 0.6 is 11.3 Å². The maximum Gasteiger partial charge on any atom is 0.339 e. The third-order valence-corrected chi connectivity index (χ3v) is 2.63. The Morgan fingerprint density at radius 2 is 2.00 bits per heavy atom. The smallest absolute Gasteiger partial charge is 0.339 e. The molecule has 0 aliphatic heterocycles. The fraction of sp³-hybridized carbons (Fsp3) is 0.375. The highest BCUT2D eigenvalue weighted by Gasteiger charge is 2.14. The van der Waals surface area contributed by atoms with E-state index in [-0.39, 0.29) is 5.97 Å². The molecule has 1 rings (SSSR count). The van der Waals surface area contributed by atoms with Crippen molar-refractivity contribution in [1.82, 2.24) is 0 Å². The molecule has 0 aliphatic carbocycles. The number of carbonyl (C=O) groups is 1. The number of thiophene rings is 1. The number of ether oxygens (including phenoxy) is 2. The summed E-state index contributed by atoms with van der Waals surface area (Å²) < 4.78 is 17.5. The van der Waals surface area contributed by atoms with Crippen LogP contribution in [0.2, 0.25) is 0 Å². The van der Waals surface area contributed by atoms with E-state index in [1.165, 1.54) is 18.4 Å². The summed E-state index contributed by atoms with van der Waals surface area (Å²) in [5, 5.41) is 2.50. The second-order valence-corrected chi connectivity index (χ2v) is 3.10. The molecule has 0 radical (unpaired) electrons. The number of rotatable bonds is 2. The largest absolute Gasteiger partial charge is 0.487 e. The summed E-state index contributed by atoms with van der Waals surface area (Å²) in [4.78, 5) is 11.1. The van der Waals surface area contributed by atoms with Crippen molar-refractivity contribution < 1.29 is 18.5 Å². The van der Waals surface area contributed by atoms with Gasteiger partial charge in [-0.2, -0.15) is 4.21 Å². The van der Waals surface area contributed by atoms with Gasteiger partial charge in [-0.3, -0.25) is 0 Å². The van der Waals surface area contributed by atoms with Crippen LogP contribution in [0, 0.1) is 6.92 Å². The summed E-state index contributed by atoms with van der Waals surface area (Å²) in [5.74, 6) is -0.313. The van der Waals surface area contributed by atoms with Gasteiger partial charge < -0.3 is 9.47 Å². The summed E-state index contributed by atoms with van der Waals surface area (Å²) in [6.07, 6.45) is 0. The van der Waals surface area contributed by atoms with Crippen LogP contribution in [0.25, 0.3) is 0 Å². The molecule has 0 fully saturated rings. The average Bonchev–Trinajstić information content (AvgIpc) is 2.61. The second kappa shape index (κ2) is 6.44. The first-order valence-electron chi connectivity index (χ1n) is 3.57. The Kier molecular flexibility index (Phi) is 5.98. The zero-order valence-corrected chi connectivity index (χ0v) is 9.66. The molecule has 0 atom stereocenters. The zero-order valence-electron chi connectivity index (χ0n) is 8.03. The van der Waals surface area contributed by atoms with Crippen molar-refractivity contribution in [3.05, 3.63) is 16.5 Å². The normalized spacial score (nSPS) is 8.50. The van der Waals surface area contributed by atoms with Gasteiger partial charge >= 0.3 is 5.97 Å². The summed E-state index contributed by atoms with van der Waals surface area (Å²) in [6, 6.07) is 0. The number of hydrogen-bond donors (Lipinski definition) is 0. The van der Waals surface area contributed by atoms with E-state index in [1.807, 2.05) is 6.92 Å². The van der Waals surface area contributed by atoms with Crippen LogP contribution < -0.4 is 4.74 Å². The van der Waals surface area contributed by atoms with Crippen LogP contribution in [0.15, 0.2) is 5.38 Å². The Balaban J connectivity index is 0.000000791. The molecular weight excluding hydrogens is 224 g/mol.